The van der Waals surface area contributed by atoms with Crippen molar-refractivity contribution in [2.45, 2.75) is 71.1 Å². The third kappa shape index (κ3) is 4.54. The van der Waals surface area contributed by atoms with Gasteiger partial charge in [0.25, 0.3) is 0 Å². The van der Waals surface area contributed by atoms with Crippen molar-refractivity contribution in [3.05, 3.63) is 0 Å². The molecule has 2 atom stereocenters. The van der Waals surface area contributed by atoms with E-state index in [1.165, 1.54) is 0 Å². The van der Waals surface area contributed by atoms with Crippen LogP contribution in [0.3, 0.4) is 0 Å². The first-order valence-corrected chi connectivity index (χ1v) is 6.51. The Kier molecular flexibility index (Phi) is 4.80. The number of nitrogens with zero attached hydrogens (tertiary/aromatic N) is 1. The van der Waals surface area contributed by atoms with E-state index in [1.807, 2.05) is 20.8 Å². The number of aliphatic hydroxyl groups excluding tert-OH is 1. The zero-order valence-electron chi connectivity index (χ0n) is 11.4. The molecule has 1 N–H and O–H groups in total. The number of ether oxygens (including phenoxy) is 1. The number of β-amino-alcohol motifs (C(OH)–C–C–N with tert-alkyl or cyclic N) is 1. The summed E-state index contributed by atoms with van der Waals surface area (Å²) in [5.74, 6) is 0. The normalized spacial score (nSPS) is 25.1. The number of likely N-dealkylation sites (tertiary alicyclic amines) is 1. The number of carbonyl (C=O) groups excluding carboxylic acids is 1. The van der Waals surface area contributed by atoms with E-state index in [-0.39, 0.29) is 12.1 Å². The van der Waals surface area contributed by atoms with Gasteiger partial charge in [-0.05, 0) is 33.6 Å². The fourth-order valence-electron chi connectivity index (χ4n) is 2.15. The van der Waals surface area contributed by atoms with Gasteiger partial charge < -0.3 is 14.7 Å². The van der Waals surface area contributed by atoms with Gasteiger partial charge in [0.05, 0.1) is 12.6 Å². The summed E-state index contributed by atoms with van der Waals surface area (Å²) in [4.78, 5) is 13.7. The molecule has 0 aromatic heterocycles. The van der Waals surface area contributed by atoms with Gasteiger partial charge in [-0.2, -0.15) is 0 Å². The Balaban J connectivity index is 2.57. The van der Waals surface area contributed by atoms with Crippen LogP contribution in [0.25, 0.3) is 0 Å². The molecule has 1 fully saturated rings. The molecule has 100 valence electrons. The van der Waals surface area contributed by atoms with Gasteiger partial charge in [0.15, 0.2) is 0 Å². The number of unbranched alkanes of at least 4 members (excludes halogenated alkanes) is 1. The zero-order chi connectivity index (χ0) is 13.1. The highest BCUT2D eigenvalue weighted by molar-refractivity contribution is 5.69. The molecule has 1 aliphatic rings. The van der Waals surface area contributed by atoms with Crippen LogP contribution in [0.15, 0.2) is 0 Å². The first-order chi connectivity index (χ1) is 7.83. The van der Waals surface area contributed by atoms with Gasteiger partial charge in [0.1, 0.15) is 5.60 Å². The van der Waals surface area contributed by atoms with Gasteiger partial charge in [-0.25, -0.2) is 4.79 Å². The van der Waals surface area contributed by atoms with E-state index in [1.54, 1.807) is 4.90 Å². The standard InChI is InChI=1S/C13H25NO3/c1-5-6-7-10-8-11(15)9-14(10)12(16)17-13(2,3)4/h10-11,15H,5-9H2,1-4H3/t10-,11+/m1/s1. The fraction of sp³-hybridized carbons (Fsp3) is 0.923. The summed E-state index contributed by atoms with van der Waals surface area (Å²) < 4.78 is 5.36. The van der Waals surface area contributed by atoms with Crippen LogP contribution in [-0.2, 0) is 4.74 Å². The summed E-state index contributed by atoms with van der Waals surface area (Å²) in [6, 6.07) is 0.139. The molecule has 1 rings (SSSR count). The zero-order valence-corrected chi connectivity index (χ0v) is 11.4. The lowest BCUT2D eigenvalue weighted by atomic mass is 10.1. The Hall–Kier alpha value is -0.770. The van der Waals surface area contributed by atoms with E-state index < -0.39 is 11.7 Å². The second-order valence-electron chi connectivity index (χ2n) is 5.82. The summed E-state index contributed by atoms with van der Waals surface area (Å²) in [7, 11) is 0. The smallest absolute Gasteiger partial charge is 0.410 e. The maximum atomic E-state index is 12.0. The van der Waals surface area contributed by atoms with Gasteiger partial charge in [-0.15, -0.1) is 0 Å². The molecule has 0 bridgehead atoms. The highest BCUT2D eigenvalue weighted by atomic mass is 16.6. The predicted molar refractivity (Wildman–Crippen MR) is 66.9 cm³/mol. The van der Waals surface area contributed by atoms with Crippen molar-refractivity contribution < 1.29 is 14.6 Å². The molecule has 1 heterocycles. The molecule has 0 aromatic carbocycles. The lowest BCUT2D eigenvalue weighted by Crippen LogP contribution is -2.40. The van der Waals surface area contributed by atoms with Crippen molar-refractivity contribution in [1.29, 1.82) is 0 Å². The van der Waals surface area contributed by atoms with Crippen molar-refractivity contribution >= 4 is 6.09 Å². The van der Waals surface area contributed by atoms with Gasteiger partial charge >= 0.3 is 6.09 Å². The topological polar surface area (TPSA) is 49.8 Å². The van der Waals surface area contributed by atoms with Gasteiger partial charge in [0.2, 0.25) is 0 Å². The molecule has 17 heavy (non-hydrogen) atoms. The molecular formula is C13H25NO3. The van der Waals surface area contributed by atoms with Crippen molar-refractivity contribution in [1.82, 2.24) is 4.90 Å². The molecule has 0 saturated carbocycles. The molecule has 0 radical (unpaired) electrons. The maximum absolute atomic E-state index is 12.0. The van der Waals surface area contributed by atoms with Crippen LogP contribution in [0.4, 0.5) is 4.79 Å². The van der Waals surface area contributed by atoms with E-state index in [9.17, 15) is 9.90 Å². The molecular weight excluding hydrogens is 218 g/mol. The lowest BCUT2D eigenvalue weighted by Gasteiger charge is -2.28. The summed E-state index contributed by atoms with van der Waals surface area (Å²) in [6.45, 7) is 8.11. The fourth-order valence-corrected chi connectivity index (χ4v) is 2.15. The van der Waals surface area contributed by atoms with E-state index >= 15 is 0 Å². The van der Waals surface area contributed by atoms with Crippen LogP contribution in [0, 0.1) is 0 Å². The third-order valence-corrected chi connectivity index (χ3v) is 2.91. The first-order valence-electron chi connectivity index (χ1n) is 6.51. The van der Waals surface area contributed by atoms with Gasteiger partial charge in [0, 0.05) is 6.04 Å². The minimum absolute atomic E-state index is 0.139. The summed E-state index contributed by atoms with van der Waals surface area (Å²) in [6.07, 6.45) is 3.12. The van der Waals surface area contributed by atoms with Gasteiger partial charge in [-0.3, -0.25) is 0 Å². The first kappa shape index (κ1) is 14.3. The summed E-state index contributed by atoms with van der Waals surface area (Å²) in [5, 5.41) is 9.67. The Morgan fingerprint density at radius 2 is 2.12 bits per heavy atom. The average Bonchev–Trinajstić information content (AvgIpc) is 2.54. The third-order valence-electron chi connectivity index (χ3n) is 2.91. The molecule has 1 amide bonds. The van der Waals surface area contributed by atoms with Crippen LogP contribution < -0.4 is 0 Å². The lowest BCUT2D eigenvalue weighted by molar-refractivity contribution is 0.0201. The predicted octanol–water partition coefficient (Wildman–Crippen LogP) is 2.55. The Morgan fingerprint density at radius 3 is 2.65 bits per heavy atom. The molecule has 1 aliphatic heterocycles. The highest BCUT2D eigenvalue weighted by Crippen LogP contribution is 2.24. The molecule has 0 aromatic rings. The largest absolute Gasteiger partial charge is 0.444 e. The van der Waals surface area contributed by atoms with Crippen LogP contribution in [0.1, 0.15) is 53.4 Å². The quantitative estimate of drug-likeness (QED) is 0.828. The number of rotatable bonds is 3. The van der Waals surface area contributed by atoms with E-state index in [2.05, 4.69) is 6.92 Å². The van der Waals surface area contributed by atoms with Crippen LogP contribution in [0.2, 0.25) is 0 Å². The number of hydrogen-bond donors (Lipinski definition) is 1. The number of amides is 1. The van der Waals surface area contributed by atoms with Gasteiger partial charge in [-0.1, -0.05) is 19.8 Å². The van der Waals surface area contributed by atoms with Crippen LogP contribution in [0.5, 0.6) is 0 Å². The maximum Gasteiger partial charge on any atom is 0.410 e. The molecule has 0 unspecified atom stereocenters. The second-order valence-corrected chi connectivity index (χ2v) is 5.82. The monoisotopic (exact) mass is 243 g/mol. The molecule has 0 aliphatic carbocycles. The molecule has 4 heteroatoms. The van der Waals surface area contributed by atoms with Crippen molar-refractivity contribution in [2.24, 2.45) is 0 Å². The summed E-state index contributed by atoms with van der Waals surface area (Å²) in [5.41, 5.74) is -0.472. The average molecular weight is 243 g/mol. The SMILES string of the molecule is CCCC[C@@H]1C[C@H](O)CN1C(=O)OC(C)(C)C. The minimum atomic E-state index is -0.472. The number of aliphatic hydroxyl groups is 1. The Morgan fingerprint density at radius 1 is 1.47 bits per heavy atom. The van der Waals surface area contributed by atoms with E-state index in [0.717, 1.165) is 19.3 Å². The summed E-state index contributed by atoms with van der Waals surface area (Å²) >= 11 is 0. The van der Waals surface area contributed by atoms with Crippen molar-refractivity contribution in [2.75, 3.05) is 6.54 Å². The number of carbonyl (C=O) groups is 1. The number of hydrogen-bond acceptors (Lipinski definition) is 3. The second kappa shape index (κ2) is 5.71. The van der Waals surface area contributed by atoms with Crippen LogP contribution in [-0.4, -0.2) is 40.4 Å². The Labute approximate surface area is 104 Å². The Bertz CT molecular complexity index is 260. The van der Waals surface area contributed by atoms with Crippen molar-refractivity contribution in [3.8, 4) is 0 Å². The molecule has 4 nitrogen and oxygen atoms in total. The van der Waals surface area contributed by atoms with E-state index in [0.29, 0.717) is 13.0 Å². The highest BCUT2D eigenvalue weighted by Gasteiger charge is 2.36. The molecule has 1 saturated heterocycles. The molecule has 0 spiro atoms. The minimum Gasteiger partial charge on any atom is -0.444 e. The van der Waals surface area contributed by atoms with Crippen molar-refractivity contribution in [3.63, 3.8) is 0 Å². The van der Waals surface area contributed by atoms with E-state index in [4.69, 9.17) is 4.74 Å². The van der Waals surface area contributed by atoms with Crippen LogP contribution >= 0.6 is 0 Å².